The largest absolute Gasteiger partial charge is 0.329 e. The van der Waals surface area contributed by atoms with E-state index in [4.69, 9.17) is 0 Å². The summed E-state index contributed by atoms with van der Waals surface area (Å²) in [5.74, 6) is -0.254. The maximum atomic E-state index is 11.5. The van der Waals surface area contributed by atoms with Crippen molar-refractivity contribution in [3.63, 3.8) is 0 Å². The first-order chi connectivity index (χ1) is 7.29. The smallest absolute Gasteiger partial charge is 0.255 e. The lowest BCUT2D eigenvalue weighted by atomic mass is 10.1. The highest BCUT2D eigenvalue weighted by molar-refractivity contribution is 5.98. The van der Waals surface area contributed by atoms with Crippen molar-refractivity contribution in [3.8, 4) is 0 Å². The van der Waals surface area contributed by atoms with Gasteiger partial charge in [-0.1, -0.05) is 30.9 Å². The topological polar surface area (TPSA) is 46.2 Å². The van der Waals surface area contributed by atoms with Crippen LogP contribution in [0.4, 0.5) is 0 Å². The minimum Gasteiger partial charge on any atom is -0.329 e. The maximum absolute atomic E-state index is 11.5. The van der Waals surface area contributed by atoms with E-state index in [1.165, 1.54) is 18.4 Å². The molecule has 75 valence electrons. The summed E-state index contributed by atoms with van der Waals surface area (Å²) in [6.07, 6.45) is 5.70. The molecule has 0 bridgehead atoms. The number of amides is 1. The van der Waals surface area contributed by atoms with Crippen molar-refractivity contribution in [3.05, 3.63) is 54.2 Å². The van der Waals surface area contributed by atoms with Crippen LogP contribution in [0, 0.1) is 0 Å². The normalized spacial score (nSPS) is 9.87. The van der Waals surface area contributed by atoms with Gasteiger partial charge >= 0.3 is 0 Å². The molecule has 0 aliphatic rings. The second-order valence-electron chi connectivity index (χ2n) is 2.72. The number of hydrogen-bond donors (Lipinski definition) is 1. The zero-order valence-electron chi connectivity index (χ0n) is 8.07. The SMILES string of the molecule is C=CNC(=O)c1ccccc1/C=C/[C]=O. The fourth-order valence-corrected chi connectivity index (χ4v) is 1.14. The summed E-state index contributed by atoms with van der Waals surface area (Å²) >= 11 is 0. The highest BCUT2D eigenvalue weighted by Gasteiger charge is 2.06. The van der Waals surface area contributed by atoms with Crippen molar-refractivity contribution in [2.24, 2.45) is 0 Å². The van der Waals surface area contributed by atoms with E-state index in [0.29, 0.717) is 11.1 Å². The van der Waals surface area contributed by atoms with Crippen molar-refractivity contribution in [2.45, 2.75) is 0 Å². The van der Waals surface area contributed by atoms with Crippen LogP contribution in [-0.2, 0) is 4.79 Å². The fourth-order valence-electron chi connectivity index (χ4n) is 1.14. The van der Waals surface area contributed by atoms with E-state index >= 15 is 0 Å². The van der Waals surface area contributed by atoms with Crippen LogP contribution >= 0.6 is 0 Å². The molecular weight excluding hydrogens is 190 g/mol. The van der Waals surface area contributed by atoms with E-state index in [1.807, 2.05) is 0 Å². The van der Waals surface area contributed by atoms with Crippen LogP contribution < -0.4 is 5.32 Å². The van der Waals surface area contributed by atoms with Crippen LogP contribution in [0.5, 0.6) is 0 Å². The third-order valence-corrected chi connectivity index (χ3v) is 1.77. The van der Waals surface area contributed by atoms with Gasteiger partial charge in [-0.15, -0.1) is 0 Å². The van der Waals surface area contributed by atoms with Crippen LogP contribution in [-0.4, -0.2) is 12.2 Å². The Morgan fingerprint density at radius 3 is 2.80 bits per heavy atom. The number of carbonyl (C=O) groups excluding carboxylic acids is 2. The van der Waals surface area contributed by atoms with Gasteiger partial charge in [0.2, 0.25) is 6.29 Å². The fraction of sp³-hybridized carbons (Fsp3) is 0. The van der Waals surface area contributed by atoms with Crippen LogP contribution in [0.2, 0.25) is 0 Å². The van der Waals surface area contributed by atoms with Gasteiger partial charge in [-0.2, -0.15) is 0 Å². The number of carbonyl (C=O) groups is 1. The van der Waals surface area contributed by atoms with Crippen LogP contribution in [0.25, 0.3) is 6.08 Å². The molecule has 0 fully saturated rings. The summed E-state index contributed by atoms with van der Waals surface area (Å²) in [5, 5.41) is 2.47. The predicted molar refractivity (Wildman–Crippen MR) is 58.8 cm³/mol. The Bertz CT molecular complexity index is 408. The number of benzene rings is 1. The molecular formula is C12H10NO2. The molecule has 0 saturated heterocycles. The van der Waals surface area contributed by atoms with Crippen LogP contribution in [0.1, 0.15) is 15.9 Å². The summed E-state index contributed by atoms with van der Waals surface area (Å²) in [6, 6.07) is 6.95. The van der Waals surface area contributed by atoms with Gasteiger partial charge < -0.3 is 5.32 Å². The van der Waals surface area contributed by atoms with E-state index in [1.54, 1.807) is 30.6 Å². The molecule has 1 N–H and O–H groups in total. The Balaban J connectivity index is 3.05. The Morgan fingerprint density at radius 2 is 2.13 bits per heavy atom. The van der Waals surface area contributed by atoms with Crippen LogP contribution in [0.15, 0.2) is 43.1 Å². The Hall–Kier alpha value is -2.16. The molecule has 0 atom stereocenters. The van der Waals surface area contributed by atoms with Crippen molar-refractivity contribution >= 4 is 18.3 Å². The molecule has 0 heterocycles. The van der Waals surface area contributed by atoms with Gasteiger partial charge in [0.05, 0.1) is 0 Å². The number of rotatable bonds is 4. The molecule has 0 unspecified atom stereocenters. The second kappa shape index (κ2) is 5.54. The third-order valence-electron chi connectivity index (χ3n) is 1.77. The summed E-state index contributed by atoms with van der Waals surface area (Å²) in [4.78, 5) is 21.6. The minimum absolute atomic E-state index is 0.254. The van der Waals surface area contributed by atoms with Gasteiger partial charge in [0.25, 0.3) is 5.91 Å². The molecule has 0 saturated carbocycles. The molecule has 0 aliphatic carbocycles. The highest BCUT2D eigenvalue weighted by atomic mass is 16.1. The predicted octanol–water partition coefficient (Wildman–Crippen LogP) is 1.68. The molecule has 1 aromatic carbocycles. The Morgan fingerprint density at radius 1 is 1.40 bits per heavy atom. The molecule has 3 heteroatoms. The van der Waals surface area contributed by atoms with Crippen molar-refractivity contribution in [1.82, 2.24) is 5.32 Å². The van der Waals surface area contributed by atoms with E-state index in [0.717, 1.165) is 0 Å². The number of nitrogens with one attached hydrogen (secondary N) is 1. The lowest BCUT2D eigenvalue weighted by Gasteiger charge is -2.03. The molecule has 1 amide bonds. The lowest BCUT2D eigenvalue weighted by Crippen LogP contribution is -2.17. The number of allylic oxidation sites excluding steroid dienone is 1. The van der Waals surface area contributed by atoms with E-state index < -0.39 is 0 Å². The van der Waals surface area contributed by atoms with E-state index in [9.17, 15) is 9.59 Å². The average molecular weight is 200 g/mol. The highest BCUT2D eigenvalue weighted by Crippen LogP contribution is 2.10. The zero-order valence-corrected chi connectivity index (χ0v) is 8.07. The van der Waals surface area contributed by atoms with Gasteiger partial charge in [0.1, 0.15) is 0 Å². The third kappa shape index (κ3) is 2.91. The van der Waals surface area contributed by atoms with Gasteiger partial charge in [0, 0.05) is 5.56 Å². The van der Waals surface area contributed by atoms with Gasteiger partial charge in [-0.05, 0) is 23.9 Å². The summed E-state index contributed by atoms with van der Waals surface area (Å²) < 4.78 is 0. The van der Waals surface area contributed by atoms with E-state index in [2.05, 4.69) is 11.9 Å². The molecule has 1 radical (unpaired) electrons. The van der Waals surface area contributed by atoms with Crippen molar-refractivity contribution in [1.29, 1.82) is 0 Å². The van der Waals surface area contributed by atoms with Gasteiger partial charge in [-0.25, -0.2) is 0 Å². The summed E-state index contributed by atoms with van der Waals surface area (Å²) in [6.45, 7) is 3.41. The first kappa shape index (κ1) is 10.9. The molecule has 0 aromatic heterocycles. The van der Waals surface area contributed by atoms with Crippen molar-refractivity contribution in [2.75, 3.05) is 0 Å². The monoisotopic (exact) mass is 200 g/mol. The maximum Gasteiger partial charge on any atom is 0.255 e. The average Bonchev–Trinajstić information content (AvgIpc) is 2.27. The van der Waals surface area contributed by atoms with Crippen molar-refractivity contribution < 1.29 is 9.59 Å². The first-order valence-electron chi connectivity index (χ1n) is 4.34. The van der Waals surface area contributed by atoms with Gasteiger partial charge in [0.15, 0.2) is 0 Å². The molecule has 1 rings (SSSR count). The number of hydrogen-bond acceptors (Lipinski definition) is 2. The summed E-state index contributed by atoms with van der Waals surface area (Å²) in [7, 11) is 0. The lowest BCUT2D eigenvalue weighted by molar-refractivity contribution is 0.0970. The second-order valence-corrected chi connectivity index (χ2v) is 2.72. The Kier molecular flexibility index (Phi) is 4.04. The molecule has 15 heavy (non-hydrogen) atoms. The van der Waals surface area contributed by atoms with E-state index in [-0.39, 0.29) is 5.91 Å². The summed E-state index contributed by atoms with van der Waals surface area (Å²) in [5.41, 5.74) is 1.16. The first-order valence-corrected chi connectivity index (χ1v) is 4.34. The molecule has 3 nitrogen and oxygen atoms in total. The van der Waals surface area contributed by atoms with Gasteiger partial charge in [-0.3, -0.25) is 9.59 Å². The molecule has 0 spiro atoms. The molecule has 1 aromatic rings. The minimum atomic E-state index is -0.254. The van der Waals surface area contributed by atoms with Crippen LogP contribution in [0.3, 0.4) is 0 Å². The zero-order chi connectivity index (χ0) is 11.1. The molecule has 0 aliphatic heterocycles. The standard InChI is InChI=1S/C12H10NO2/c1-2-13-12(15)11-8-4-3-6-10(11)7-5-9-14/h2-8H,1H2,(H,13,15)/b7-5+. The quantitative estimate of drug-likeness (QED) is 0.751. The Labute approximate surface area is 88.1 Å².